The lowest BCUT2D eigenvalue weighted by Crippen LogP contribution is -3.00. The molecule has 0 saturated carbocycles. The molecule has 0 unspecified atom stereocenters. The monoisotopic (exact) mass is 938 g/mol. The lowest BCUT2D eigenvalue weighted by atomic mass is 10.0. The molecule has 0 aliphatic carbocycles. The number of oxazole rings is 2. The summed E-state index contributed by atoms with van der Waals surface area (Å²) >= 11 is 0. The van der Waals surface area contributed by atoms with Crippen LogP contribution in [-0.2, 0) is 24.9 Å². The molecule has 6 rings (SSSR count). The normalized spacial score (nSPS) is 12.8. The molecule has 0 amide bonds. The first-order valence-corrected chi connectivity index (χ1v) is 17.0. The van der Waals surface area contributed by atoms with Crippen molar-refractivity contribution in [3.63, 3.8) is 0 Å². The van der Waals surface area contributed by atoms with E-state index in [2.05, 4.69) is 9.97 Å². The van der Waals surface area contributed by atoms with Crippen LogP contribution >= 0.6 is 0 Å². The quantitative estimate of drug-likeness (QED) is 0.137. The van der Waals surface area contributed by atoms with E-state index in [9.17, 15) is 43.9 Å². The number of nitrogens with zero attached hydrogens (tertiary/aromatic N) is 4. The predicted molar refractivity (Wildman–Crippen MR) is 178 cm³/mol. The number of alkyl halides is 14. The van der Waals surface area contributed by atoms with E-state index in [1.54, 1.807) is 0 Å². The van der Waals surface area contributed by atoms with Gasteiger partial charge in [-0.05, 0) is 35.4 Å². The second-order valence-corrected chi connectivity index (χ2v) is 12.9. The Labute approximate surface area is 351 Å². The Bertz CT molecular complexity index is 2270. The molecule has 24 heteroatoms. The molecule has 0 spiro atoms. The van der Waals surface area contributed by atoms with E-state index in [1.165, 1.54) is 82.5 Å². The van der Waals surface area contributed by atoms with Crippen molar-refractivity contribution in [3.8, 4) is 56.6 Å². The highest BCUT2D eigenvalue weighted by molar-refractivity contribution is 5.72. The summed E-state index contributed by atoms with van der Waals surface area (Å²) in [6.07, 6.45) is -8.49. The number of halogens is 16. The maximum atomic E-state index is 15.1. The van der Waals surface area contributed by atoms with Crippen molar-refractivity contribution in [2.24, 2.45) is 0 Å². The Morgan fingerprint density at radius 1 is 0.419 bits per heavy atom. The van der Waals surface area contributed by atoms with E-state index in [4.69, 9.17) is 19.0 Å². The van der Waals surface area contributed by atoms with E-state index in [0.29, 0.717) is 11.1 Å². The molecule has 2 N–H and O–H groups in total. The van der Waals surface area contributed by atoms with Crippen LogP contribution < -0.4 is 33.9 Å². The van der Waals surface area contributed by atoms with Crippen LogP contribution in [0.3, 0.4) is 0 Å². The molecule has 0 saturated heterocycles. The molecule has 0 aliphatic heterocycles. The molecule has 4 heterocycles. The molecule has 0 radical (unpaired) electrons. The molecule has 0 atom stereocenters. The van der Waals surface area contributed by atoms with Gasteiger partial charge in [0.05, 0.1) is 0 Å². The predicted octanol–water partition coefficient (Wildman–Crippen LogP) is 3.14. The fourth-order valence-electron chi connectivity index (χ4n) is 5.72. The summed E-state index contributed by atoms with van der Waals surface area (Å²) in [7, 11) is 0. The summed E-state index contributed by atoms with van der Waals surface area (Å²) in [5.74, 6) is -30.8. The fraction of sp³-hybridized carbons (Fsp3) is 0.263. The van der Waals surface area contributed by atoms with Gasteiger partial charge in [0.2, 0.25) is 23.3 Å². The van der Waals surface area contributed by atoms with Crippen molar-refractivity contribution in [1.29, 1.82) is 0 Å². The summed E-state index contributed by atoms with van der Waals surface area (Å²) in [5.41, 5.74) is -2.45. The van der Waals surface area contributed by atoms with Gasteiger partial charge in [-0.3, -0.25) is 0 Å². The van der Waals surface area contributed by atoms with Crippen molar-refractivity contribution in [3.05, 3.63) is 109 Å². The van der Waals surface area contributed by atoms with Crippen LogP contribution in [0.25, 0.3) is 56.6 Å². The molecule has 2 aromatic carbocycles. The second-order valence-electron chi connectivity index (χ2n) is 12.9. The van der Waals surface area contributed by atoms with Gasteiger partial charge >= 0.3 is 36.0 Å². The largest absolute Gasteiger partial charge is 1.00 e. The first kappa shape index (κ1) is 49.3. The number of pyridine rings is 2. The number of rotatable bonds is 13. The lowest BCUT2D eigenvalue weighted by molar-refractivity contribution is -0.698. The SMILES string of the molecule is OCC[n+]1ccc(-c2nc(-c3ccc(-c4ccc(-c5nc(-c6cc[n+](CCO)cc6)c(C(F)(F)C(F)(F)C(F)(F)F)o5)cc4)cc3)oc2C(F)(F)C(F)(F)C(F)(F)F)cc1.[Cl-].[Cl-]. The molecule has 0 aliphatic rings. The molecule has 0 bridgehead atoms. The molecule has 4 aromatic heterocycles. The van der Waals surface area contributed by atoms with Crippen molar-refractivity contribution >= 4 is 0 Å². The Kier molecular flexibility index (Phi) is 14.2. The van der Waals surface area contributed by atoms with Crippen LogP contribution in [0.2, 0.25) is 0 Å². The van der Waals surface area contributed by atoms with E-state index < -0.39 is 70.7 Å². The Morgan fingerprint density at radius 3 is 0.952 bits per heavy atom. The van der Waals surface area contributed by atoms with E-state index in [1.807, 2.05) is 0 Å². The van der Waals surface area contributed by atoms with E-state index in [-0.39, 0.29) is 73.4 Å². The number of aliphatic hydroxyl groups excluding tert-OH is 2. The van der Waals surface area contributed by atoms with Gasteiger partial charge in [-0.2, -0.15) is 61.5 Å². The number of aromatic nitrogens is 4. The van der Waals surface area contributed by atoms with Crippen molar-refractivity contribution in [2.75, 3.05) is 13.2 Å². The third-order valence-electron chi connectivity index (χ3n) is 8.97. The van der Waals surface area contributed by atoms with Crippen LogP contribution in [0, 0.1) is 0 Å². The third-order valence-corrected chi connectivity index (χ3v) is 8.97. The first-order valence-electron chi connectivity index (χ1n) is 17.0. The zero-order valence-electron chi connectivity index (χ0n) is 30.6. The Balaban J connectivity index is 0.00000422. The highest BCUT2D eigenvalue weighted by atomic mass is 35.5. The summed E-state index contributed by atoms with van der Waals surface area (Å²) < 4.78 is 209. The number of hydrogen-bond acceptors (Lipinski definition) is 6. The van der Waals surface area contributed by atoms with Gasteiger partial charge in [-0.25, -0.2) is 19.1 Å². The highest BCUT2D eigenvalue weighted by Gasteiger charge is 2.76. The summed E-state index contributed by atoms with van der Waals surface area (Å²) in [5, 5.41) is 18.2. The van der Waals surface area contributed by atoms with Crippen molar-refractivity contribution < 1.29 is 114 Å². The van der Waals surface area contributed by atoms with Gasteiger partial charge in [0.1, 0.15) is 24.6 Å². The van der Waals surface area contributed by atoms with Crippen LogP contribution in [0.15, 0.2) is 106 Å². The van der Waals surface area contributed by atoms with Crippen LogP contribution in [0.1, 0.15) is 11.5 Å². The van der Waals surface area contributed by atoms with Gasteiger partial charge in [0, 0.05) is 46.5 Å². The molecule has 8 nitrogen and oxygen atoms in total. The smallest absolute Gasteiger partial charge is 0.460 e. The van der Waals surface area contributed by atoms with Crippen LogP contribution in [0.4, 0.5) is 61.5 Å². The zero-order chi connectivity index (χ0) is 44.1. The fourth-order valence-corrected chi connectivity index (χ4v) is 5.72. The maximum absolute atomic E-state index is 15.1. The molecule has 0 fully saturated rings. The maximum Gasteiger partial charge on any atom is 0.460 e. The van der Waals surface area contributed by atoms with E-state index >= 15 is 17.6 Å². The number of aliphatic hydroxyl groups is 2. The van der Waals surface area contributed by atoms with Gasteiger partial charge in [0.15, 0.2) is 37.9 Å². The summed E-state index contributed by atoms with van der Waals surface area (Å²) in [6, 6.07) is 14.3. The van der Waals surface area contributed by atoms with Crippen LogP contribution in [0.5, 0.6) is 0 Å². The summed E-state index contributed by atoms with van der Waals surface area (Å²) in [6.45, 7) is -0.623. The molecular weight excluding hydrogens is 913 g/mol. The lowest BCUT2D eigenvalue weighted by Gasteiger charge is -2.26. The van der Waals surface area contributed by atoms with Gasteiger partial charge in [-0.1, -0.05) is 24.3 Å². The van der Waals surface area contributed by atoms with Gasteiger partial charge in [0.25, 0.3) is 0 Å². The first-order chi connectivity index (χ1) is 27.9. The minimum atomic E-state index is -6.70. The number of benzene rings is 2. The highest BCUT2D eigenvalue weighted by Crippen LogP contribution is 2.55. The number of hydrogen-bond donors (Lipinski definition) is 2. The summed E-state index contributed by atoms with van der Waals surface area (Å²) in [4.78, 5) is 7.66. The second kappa shape index (κ2) is 17.8. The molecule has 334 valence electrons. The third kappa shape index (κ3) is 8.95. The molecule has 6 aromatic rings. The van der Waals surface area contributed by atoms with Crippen molar-refractivity contribution in [1.82, 2.24) is 9.97 Å². The topological polar surface area (TPSA) is 100 Å². The standard InChI is InChI=1S/C38H26F14N4O4.2ClH/c39-33(40,35(43,44)37(47,48)49)29-27(23-9-13-55(14-10-23)17-19-57)53-31(59-29)25-5-1-21(2-6-25)22-3-7-26(8-4-22)32-54-28(24-11-15-56(16-12-24)18-20-58)30(60-32)34(41,42)36(45,46)38(50,51)52;;/h1-16,57-58H,17-20H2;2*1H/q+2;;/p-2. The molecule has 62 heavy (non-hydrogen) atoms. The Morgan fingerprint density at radius 2 is 0.694 bits per heavy atom. The van der Waals surface area contributed by atoms with Gasteiger partial charge < -0.3 is 43.9 Å². The average molecular weight is 940 g/mol. The van der Waals surface area contributed by atoms with Crippen molar-refractivity contribution in [2.45, 2.75) is 49.1 Å². The van der Waals surface area contributed by atoms with E-state index in [0.717, 1.165) is 24.3 Å². The zero-order valence-corrected chi connectivity index (χ0v) is 32.1. The Hall–Kier alpha value is -5.32. The average Bonchev–Trinajstić information content (AvgIpc) is 3.85. The minimum Gasteiger partial charge on any atom is -1.00 e. The molecular formula is C38H26Cl2F14N4O4. The minimum absolute atomic E-state index is 0. The van der Waals surface area contributed by atoms with Crippen LogP contribution in [-0.4, -0.2) is 57.6 Å². The van der Waals surface area contributed by atoms with Gasteiger partial charge in [-0.15, -0.1) is 0 Å².